The van der Waals surface area contributed by atoms with Crippen molar-refractivity contribution < 1.29 is 9.90 Å². The number of nitrogens with one attached hydrogen (secondary N) is 1. The Hall–Kier alpha value is -0.610. The van der Waals surface area contributed by atoms with Crippen molar-refractivity contribution in [1.82, 2.24) is 10.2 Å². The van der Waals surface area contributed by atoms with Gasteiger partial charge in [0, 0.05) is 38.7 Å². The van der Waals surface area contributed by atoms with Gasteiger partial charge in [0.2, 0.25) is 5.91 Å². The van der Waals surface area contributed by atoms with Crippen LogP contribution in [0.25, 0.3) is 0 Å². The van der Waals surface area contributed by atoms with Gasteiger partial charge < -0.3 is 15.3 Å². The van der Waals surface area contributed by atoms with Gasteiger partial charge in [-0.1, -0.05) is 0 Å². The zero-order valence-corrected chi connectivity index (χ0v) is 9.70. The van der Waals surface area contributed by atoms with E-state index in [0.717, 1.165) is 32.4 Å². The number of amides is 1. The van der Waals surface area contributed by atoms with Gasteiger partial charge in [0.1, 0.15) is 0 Å². The first-order chi connectivity index (χ1) is 7.13. The van der Waals surface area contributed by atoms with Crippen molar-refractivity contribution in [1.29, 1.82) is 0 Å². The maximum absolute atomic E-state index is 11.1. The van der Waals surface area contributed by atoms with E-state index in [1.165, 1.54) is 0 Å². The number of rotatable bonds is 4. The molecule has 1 unspecified atom stereocenters. The Morgan fingerprint density at radius 1 is 1.53 bits per heavy atom. The molecule has 15 heavy (non-hydrogen) atoms. The van der Waals surface area contributed by atoms with Gasteiger partial charge in [0.15, 0.2) is 0 Å². The van der Waals surface area contributed by atoms with Crippen LogP contribution >= 0.6 is 0 Å². The van der Waals surface area contributed by atoms with Crippen molar-refractivity contribution in [3.8, 4) is 0 Å². The van der Waals surface area contributed by atoms with Gasteiger partial charge in [-0.2, -0.15) is 0 Å². The highest BCUT2D eigenvalue weighted by Gasteiger charge is 2.21. The van der Waals surface area contributed by atoms with E-state index in [1.54, 1.807) is 6.92 Å². The first-order valence-electron chi connectivity index (χ1n) is 5.76. The van der Waals surface area contributed by atoms with E-state index in [9.17, 15) is 4.79 Å². The molecule has 4 nitrogen and oxygen atoms in total. The van der Waals surface area contributed by atoms with Crippen LogP contribution in [0.5, 0.6) is 0 Å². The van der Waals surface area contributed by atoms with Crippen LogP contribution in [-0.2, 0) is 4.79 Å². The lowest BCUT2D eigenvalue weighted by atomic mass is 10.0. The third-order valence-corrected chi connectivity index (χ3v) is 3.02. The van der Waals surface area contributed by atoms with E-state index in [4.69, 9.17) is 5.11 Å². The zero-order valence-electron chi connectivity index (χ0n) is 9.70. The minimum Gasteiger partial charge on any atom is -0.396 e. The monoisotopic (exact) mass is 214 g/mol. The second kappa shape index (κ2) is 6.08. The Bertz CT molecular complexity index is 201. The van der Waals surface area contributed by atoms with Crippen LogP contribution in [0.15, 0.2) is 0 Å². The molecule has 0 spiro atoms. The zero-order chi connectivity index (χ0) is 11.3. The fourth-order valence-electron chi connectivity index (χ4n) is 2.04. The van der Waals surface area contributed by atoms with Crippen molar-refractivity contribution in [3.63, 3.8) is 0 Å². The molecule has 1 heterocycles. The van der Waals surface area contributed by atoms with Gasteiger partial charge in [-0.25, -0.2) is 0 Å². The third-order valence-electron chi connectivity index (χ3n) is 3.02. The van der Waals surface area contributed by atoms with Crippen LogP contribution in [-0.4, -0.2) is 47.7 Å². The van der Waals surface area contributed by atoms with Crippen LogP contribution in [0.2, 0.25) is 0 Å². The lowest BCUT2D eigenvalue weighted by Crippen LogP contribution is -2.46. The normalized spacial score (nSPS) is 20.3. The van der Waals surface area contributed by atoms with E-state index in [2.05, 4.69) is 12.2 Å². The Balaban J connectivity index is 2.22. The van der Waals surface area contributed by atoms with Crippen molar-refractivity contribution in [2.45, 2.75) is 45.2 Å². The van der Waals surface area contributed by atoms with Crippen LogP contribution in [0.4, 0.5) is 0 Å². The Morgan fingerprint density at radius 2 is 2.13 bits per heavy atom. The van der Waals surface area contributed by atoms with E-state index in [1.807, 2.05) is 4.90 Å². The lowest BCUT2D eigenvalue weighted by molar-refractivity contribution is -0.129. The van der Waals surface area contributed by atoms with Gasteiger partial charge in [-0.3, -0.25) is 4.79 Å². The summed E-state index contributed by atoms with van der Waals surface area (Å²) in [6.07, 6.45) is 2.84. The van der Waals surface area contributed by atoms with Gasteiger partial charge in [-0.05, 0) is 26.2 Å². The molecule has 0 aromatic heterocycles. The molecule has 1 amide bonds. The van der Waals surface area contributed by atoms with Crippen molar-refractivity contribution >= 4 is 5.91 Å². The molecule has 0 saturated carbocycles. The predicted molar refractivity (Wildman–Crippen MR) is 59.6 cm³/mol. The Kier molecular flexibility index (Phi) is 5.05. The van der Waals surface area contributed by atoms with Gasteiger partial charge in [0.25, 0.3) is 0 Å². The van der Waals surface area contributed by atoms with E-state index in [0.29, 0.717) is 12.1 Å². The molecule has 1 aliphatic rings. The summed E-state index contributed by atoms with van der Waals surface area (Å²) >= 11 is 0. The summed E-state index contributed by atoms with van der Waals surface area (Å²) in [6.45, 7) is 5.67. The molecule has 1 rings (SSSR count). The van der Waals surface area contributed by atoms with Gasteiger partial charge in [0.05, 0.1) is 0 Å². The summed E-state index contributed by atoms with van der Waals surface area (Å²) in [4.78, 5) is 13.0. The first-order valence-corrected chi connectivity index (χ1v) is 5.76. The van der Waals surface area contributed by atoms with Crippen LogP contribution in [0.1, 0.15) is 33.1 Å². The average Bonchev–Trinajstić information content (AvgIpc) is 2.18. The van der Waals surface area contributed by atoms with Crippen LogP contribution < -0.4 is 5.32 Å². The molecule has 88 valence electrons. The standard InChI is InChI=1S/C11H22N2O2/c1-9(5-8-14)12-11-3-6-13(7-4-11)10(2)15/h9,11-12,14H,3-8H2,1-2H3. The largest absolute Gasteiger partial charge is 0.396 e. The van der Waals surface area contributed by atoms with E-state index < -0.39 is 0 Å². The summed E-state index contributed by atoms with van der Waals surface area (Å²) in [5, 5.41) is 12.3. The Morgan fingerprint density at radius 3 is 2.60 bits per heavy atom. The first kappa shape index (κ1) is 12.5. The molecule has 0 aliphatic carbocycles. The summed E-state index contributed by atoms with van der Waals surface area (Å²) in [5.74, 6) is 0.178. The molecule has 0 aromatic carbocycles. The minimum atomic E-state index is 0.178. The molecule has 1 atom stereocenters. The van der Waals surface area contributed by atoms with Gasteiger partial charge in [-0.15, -0.1) is 0 Å². The fraction of sp³-hybridized carbons (Fsp3) is 0.909. The molecule has 0 aromatic rings. The van der Waals surface area contributed by atoms with Crippen molar-refractivity contribution in [3.05, 3.63) is 0 Å². The molecule has 2 N–H and O–H groups in total. The van der Waals surface area contributed by atoms with E-state index >= 15 is 0 Å². The summed E-state index contributed by atoms with van der Waals surface area (Å²) in [5.41, 5.74) is 0. The molecule has 1 fully saturated rings. The molecule has 0 bridgehead atoms. The number of nitrogens with zero attached hydrogens (tertiary/aromatic N) is 1. The number of carbonyl (C=O) groups excluding carboxylic acids is 1. The lowest BCUT2D eigenvalue weighted by Gasteiger charge is -2.33. The quantitative estimate of drug-likeness (QED) is 0.710. The van der Waals surface area contributed by atoms with Gasteiger partial charge >= 0.3 is 0 Å². The number of piperidine rings is 1. The third kappa shape index (κ3) is 4.18. The predicted octanol–water partition coefficient (Wildman–Crippen LogP) is 0.358. The Labute approximate surface area is 91.6 Å². The number of hydrogen-bond acceptors (Lipinski definition) is 3. The molecule has 0 radical (unpaired) electrons. The summed E-state index contributed by atoms with van der Waals surface area (Å²) < 4.78 is 0. The minimum absolute atomic E-state index is 0.178. The molecular formula is C11H22N2O2. The second-order valence-electron chi connectivity index (χ2n) is 4.36. The summed E-state index contributed by atoms with van der Waals surface area (Å²) in [6, 6.07) is 0.867. The second-order valence-corrected chi connectivity index (χ2v) is 4.36. The average molecular weight is 214 g/mol. The van der Waals surface area contributed by atoms with Crippen molar-refractivity contribution in [2.75, 3.05) is 19.7 Å². The number of carbonyl (C=O) groups is 1. The maximum atomic E-state index is 11.1. The smallest absolute Gasteiger partial charge is 0.219 e. The topological polar surface area (TPSA) is 52.6 Å². The van der Waals surface area contributed by atoms with Crippen LogP contribution in [0.3, 0.4) is 0 Å². The number of likely N-dealkylation sites (tertiary alicyclic amines) is 1. The number of aliphatic hydroxyl groups excluding tert-OH is 1. The van der Waals surface area contributed by atoms with Crippen LogP contribution in [0, 0.1) is 0 Å². The number of aliphatic hydroxyl groups is 1. The molecule has 4 heteroatoms. The highest BCUT2D eigenvalue weighted by Crippen LogP contribution is 2.11. The molecule has 1 aliphatic heterocycles. The summed E-state index contributed by atoms with van der Waals surface area (Å²) in [7, 11) is 0. The SMILES string of the molecule is CC(=O)N1CCC(NC(C)CCO)CC1. The maximum Gasteiger partial charge on any atom is 0.219 e. The number of hydrogen-bond donors (Lipinski definition) is 2. The molecular weight excluding hydrogens is 192 g/mol. The van der Waals surface area contributed by atoms with Crippen molar-refractivity contribution in [2.24, 2.45) is 0 Å². The molecule has 1 saturated heterocycles. The highest BCUT2D eigenvalue weighted by atomic mass is 16.3. The van der Waals surface area contributed by atoms with E-state index in [-0.39, 0.29) is 12.5 Å². The highest BCUT2D eigenvalue weighted by molar-refractivity contribution is 5.73. The fourth-order valence-corrected chi connectivity index (χ4v) is 2.04.